The average Bonchev–Trinajstić information content (AvgIpc) is 3.07. The van der Waals surface area contributed by atoms with Gasteiger partial charge in [-0.25, -0.2) is 0 Å². The zero-order chi connectivity index (χ0) is 17.8. The van der Waals surface area contributed by atoms with E-state index in [1.54, 1.807) is 25.3 Å². The Balaban J connectivity index is 1.71. The van der Waals surface area contributed by atoms with Gasteiger partial charge in [-0.15, -0.1) is 0 Å². The van der Waals surface area contributed by atoms with Crippen molar-refractivity contribution in [1.29, 1.82) is 0 Å². The maximum Gasteiger partial charge on any atom is 0.248 e. The standard InChI is InChI=1S/C20H20ClNO3/c1-24-18-11-13(10-17(21)20(18)25-2)6-9-19(23)22-16-8-7-14-4-3-5-15(14)12-16/h6-12H,3-5H2,1-2H3,(H,22,23)/b9-6+. The van der Waals surface area contributed by atoms with Gasteiger partial charge in [0.2, 0.25) is 5.91 Å². The van der Waals surface area contributed by atoms with Gasteiger partial charge in [-0.2, -0.15) is 0 Å². The fourth-order valence-electron chi connectivity index (χ4n) is 3.04. The van der Waals surface area contributed by atoms with Gasteiger partial charge < -0.3 is 14.8 Å². The summed E-state index contributed by atoms with van der Waals surface area (Å²) in [6.07, 6.45) is 6.57. The number of anilines is 1. The highest BCUT2D eigenvalue weighted by atomic mass is 35.5. The lowest BCUT2D eigenvalue weighted by atomic mass is 10.1. The number of benzene rings is 2. The Kier molecular flexibility index (Phi) is 5.29. The van der Waals surface area contributed by atoms with Crippen LogP contribution in [0, 0.1) is 0 Å². The summed E-state index contributed by atoms with van der Waals surface area (Å²) in [4.78, 5) is 12.2. The Morgan fingerprint density at radius 1 is 1.12 bits per heavy atom. The molecule has 0 aromatic heterocycles. The van der Waals surface area contributed by atoms with Gasteiger partial charge in [0.15, 0.2) is 11.5 Å². The van der Waals surface area contributed by atoms with Gasteiger partial charge in [-0.05, 0) is 66.3 Å². The molecular weight excluding hydrogens is 338 g/mol. The average molecular weight is 358 g/mol. The zero-order valence-electron chi connectivity index (χ0n) is 14.3. The van der Waals surface area contributed by atoms with Crippen LogP contribution in [-0.2, 0) is 17.6 Å². The fourth-order valence-corrected chi connectivity index (χ4v) is 3.34. The van der Waals surface area contributed by atoms with E-state index in [0.717, 1.165) is 24.1 Å². The second-order valence-electron chi connectivity index (χ2n) is 5.90. The van der Waals surface area contributed by atoms with Crippen LogP contribution < -0.4 is 14.8 Å². The van der Waals surface area contributed by atoms with Crippen LogP contribution in [0.1, 0.15) is 23.1 Å². The topological polar surface area (TPSA) is 47.6 Å². The first-order chi connectivity index (χ1) is 12.1. The van der Waals surface area contributed by atoms with Gasteiger partial charge in [-0.3, -0.25) is 4.79 Å². The highest BCUT2D eigenvalue weighted by molar-refractivity contribution is 6.32. The summed E-state index contributed by atoms with van der Waals surface area (Å²) < 4.78 is 10.5. The van der Waals surface area contributed by atoms with Crippen LogP contribution >= 0.6 is 11.6 Å². The lowest BCUT2D eigenvalue weighted by Crippen LogP contribution is -2.08. The lowest BCUT2D eigenvalue weighted by Gasteiger charge is -2.10. The highest BCUT2D eigenvalue weighted by Crippen LogP contribution is 2.36. The lowest BCUT2D eigenvalue weighted by molar-refractivity contribution is -0.111. The first kappa shape index (κ1) is 17.4. The van der Waals surface area contributed by atoms with Gasteiger partial charge in [0.1, 0.15) is 0 Å². The largest absolute Gasteiger partial charge is 0.493 e. The Morgan fingerprint density at radius 2 is 1.92 bits per heavy atom. The molecular formula is C20H20ClNO3. The summed E-state index contributed by atoms with van der Waals surface area (Å²) in [5, 5.41) is 3.32. The van der Waals surface area contributed by atoms with E-state index >= 15 is 0 Å². The number of ether oxygens (including phenoxy) is 2. The molecule has 0 saturated heterocycles. The van der Waals surface area contributed by atoms with E-state index in [9.17, 15) is 4.79 Å². The number of carbonyl (C=O) groups excluding carboxylic acids is 1. The molecule has 3 rings (SSSR count). The number of amides is 1. The Hall–Kier alpha value is -2.46. The molecule has 1 aliphatic rings. The number of aryl methyl sites for hydroxylation is 2. The van der Waals surface area contributed by atoms with Gasteiger partial charge in [-0.1, -0.05) is 17.7 Å². The summed E-state index contributed by atoms with van der Waals surface area (Å²) in [5.74, 6) is 0.807. The Labute approximate surface area is 152 Å². The number of rotatable bonds is 5. The van der Waals surface area contributed by atoms with Crippen LogP contribution in [-0.4, -0.2) is 20.1 Å². The molecule has 0 heterocycles. The molecule has 130 valence electrons. The zero-order valence-corrected chi connectivity index (χ0v) is 15.0. The number of halogens is 1. The van der Waals surface area contributed by atoms with Crippen molar-refractivity contribution < 1.29 is 14.3 Å². The normalized spacial score (nSPS) is 12.9. The van der Waals surface area contributed by atoms with Crippen LogP contribution in [0.2, 0.25) is 5.02 Å². The minimum Gasteiger partial charge on any atom is -0.493 e. The third-order valence-electron chi connectivity index (χ3n) is 4.25. The fraction of sp³-hybridized carbons (Fsp3) is 0.250. The van der Waals surface area contributed by atoms with Crippen molar-refractivity contribution in [2.24, 2.45) is 0 Å². The molecule has 2 aromatic rings. The first-order valence-corrected chi connectivity index (χ1v) is 8.51. The molecule has 0 fully saturated rings. The van der Waals surface area contributed by atoms with E-state index in [4.69, 9.17) is 21.1 Å². The summed E-state index contributed by atoms with van der Waals surface area (Å²) in [7, 11) is 3.07. The molecule has 0 spiro atoms. The molecule has 0 radical (unpaired) electrons. The third kappa shape index (κ3) is 3.97. The van der Waals surface area contributed by atoms with Crippen LogP contribution in [0.4, 0.5) is 5.69 Å². The second-order valence-corrected chi connectivity index (χ2v) is 6.31. The van der Waals surface area contributed by atoms with E-state index in [0.29, 0.717) is 16.5 Å². The molecule has 1 N–H and O–H groups in total. The summed E-state index contributed by atoms with van der Waals surface area (Å²) in [6.45, 7) is 0. The summed E-state index contributed by atoms with van der Waals surface area (Å²) >= 11 is 6.17. The number of hydrogen-bond donors (Lipinski definition) is 1. The van der Waals surface area contributed by atoms with Gasteiger partial charge in [0.25, 0.3) is 0 Å². The molecule has 5 heteroatoms. The SMILES string of the molecule is COc1cc(/C=C/C(=O)Nc2ccc3c(c2)CCC3)cc(Cl)c1OC. The minimum absolute atomic E-state index is 0.191. The van der Waals surface area contributed by atoms with Crippen molar-refractivity contribution in [3.63, 3.8) is 0 Å². The van der Waals surface area contributed by atoms with Crippen molar-refractivity contribution in [1.82, 2.24) is 0 Å². The molecule has 25 heavy (non-hydrogen) atoms. The van der Waals surface area contributed by atoms with Crippen molar-refractivity contribution in [3.05, 3.63) is 58.1 Å². The third-order valence-corrected chi connectivity index (χ3v) is 4.53. The van der Waals surface area contributed by atoms with E-state index in [1.807, 2.05) is 6.07 Å². The first-order valence-electron chi connectivity index (χ1n) is 8.13. The number of methoxy groups -OCH3 is 2. The predicted octanol–water partition coefficient (Wildman–Crippen LogP) is 4.50. The van der Waals surface area contributed by atoms with Crippen molar-refractivity contribution in [2.45, 2.75) is 19.3 Å². The van der Waals surface area contributed by atoms with Gasteiger partial charge >= 0.3 is 0 Å². The summed E-state index contributed by atoms with van der Waals surface area (Å²) in [5.41, 5.74) is 4.29. The van der Waals surface area contributed by atoms with Crippen LogP contribution in [0.5, 0.6) is 11.5 Å². The molecule has 4 nitrogen and oxygen atoms in total. The maximum atomic E-state index is 12.2. The van der Waals surface area contributed by atoms with Gasteiger partial charge in [0, 0.05) is 11.8 Å². The van der Waals surface area contributed by atoms with Crippen LogP contribution in [0.25, 0.3) is 6.08 Å². The number of hydrogen-bond acceptors (Lipinski definition) is 3. The Morgan fingerprint density at radius 3 is 2.68 bits per heavy atom. The second kappa shape index (κ2) is 7.62. The quantitative estimate of drug-likeness (QED) is 0.801. The predicted molar refractivity (Wildman–Crippen MR) is 101 cm³/mol. The molecule has 0 saturated carbocycles. The van der Waals surface area contributed by atoms with E-state index in [2.05, 4.69) is 17.4 Å². The molecule has 2 aromatic carbocycles. The maximum absolute atomic E-state index is 12.2. The van der Waals surface area contributed by atoms with Gasteiger partial charge in [0.05, 0.1) is 19.2 Å². The molecule has 0 aliphatic heterocycles. The molecule has 0 atom stereocenters. The van der Waals surface area contributed by atoms with Crippen LogP contribution in [0.15, 0.2) is 36.4 Å². The van der Waals surface area contributed by atoms with Crippen molar-refractivity contribution in [3.8, 4) is 11.5 Å². The molecule has 0 bridgehead atoms. The van der Waals surface area contributed by atoms with Crippen molar-refractivity contribution >= 4 is 29.3 Å². The number of fused-ring (bicyclic) bond motifs is 1. The molecule has 0 unspecified atom stereocenters. The minimum atomic E-state index is -0.191. The van der Waals surface area contributed by atoms with Crippen molar-refractivity contribution in [2.75, 3.05) is 19.5 Å². The van der Waals surface area contributed by atoms with E-state index in [-0.39, 0.29) is 5.91 Å². The smallest absolute Gasteiger partial charge is 0.248 e. The molecule has 1 aliphatic carbocycles. The molecule has 1 amide bonds. The van der Waals surface area contributed by atoms with E-state index < -0.39 is 0 Å². The Bertz CT molecular complexity index is 830. The number of carbonyl (C=O) groups is 1. The monoisotopic (exact) mass is 357 g/mol. The van der Waals surface area contributed by atoms with Crippen LogP contribution in [0.3, 0.4) is 0 Å². The number of nitrogens with one attached hydrogen (secondary N) is 1. The highest BCUT2D eigenvalue weighted by Gasteiger charge is 2.12. The summed E-state index contributed by atoms with van der Waals surface area (Å²) in [6, 6.07) is 9.59. The van der Waals surface area contributed by atoms with E-state index in [1.165, 1.54) is 30.7 Å².